The van der Waals surface area contributed by atoms with Crippen molar-refractivity contribution in [2.75, 3.05) is 27.9 Å². The summed E-state index contributed by atoms with van der Waals surface area (Å²) in [5.74, 6) is 1.84. The third kappa shape index (κ3) is 4.81. The Kier molecular flexibility index (Phi) is 7.14. The number of rotatable bonds is 9. The van der Waals surface area contributed by atoms with Crippen LogP contribution in [0.3, 0.4) is 0 Å². The van der Waals surface area contributed by atoms with Gasteiger partial charge in [-0.15, -0.1) is 0 Å². The highest BCUT2D eigenvalue weighted by Crippen LogP contribution is 2.38. The van der Waals surface area contributed by atoms with Crippen molar-refractivity contribution in [3.8, 4) is 23.0 Å². The Morgan fingerprint density at radius 3 is 2.15 bits per heavy atom. The van der Waals surface area contributed by atoms with Crippen molar-refractivity contribution in [1.29, 1.82) is 0 Å². The molecule has 0 N–H and O–H groups in total. The van der Waals surface area contributed by atoms with Gasteiger partial charge in [0.25, 0.3) is 0 Å². The van der Waals surface area contributed by atoms with Crippen molar-refractivity contribution in [3.63, 3.8) is 0 Å². The van der Waals surface area contributed by atoms with Gasteiger partial charge < -0.3 is 23.7 Å². The van der Waals surface area contributed by atoms with Crippen LogP contribution in [0.15, 0.2) is 36.4 Å². The minimum atomic E-state index is -0.356. The molecule has 0 aliphatic heterocycles. The number of hydrogen-bond acceptors (Lipinski definition) is 6. The summed E-state index contributed by atoms with van der Waals surface area (Å²) < 4.78 is 26.8. The minimum Gasteiger partial charge on any atom is -0.493 e. The quantitative estimate of drug-likeness (QED) is 0.639. The molecule has 0 aromatic heterocycles. The lowest BCUT2D eigenvalue weighted by Crippen LogP contribution is -2.09. The van der Waals surface area contributed by atoms with E-state index in [-0.39, 0.29) is 19.0 Å². The van der Waals surface area contributed by atoms with Crippen LogP contribution >= 0.6 is 0 Å². The van der Waals surface area contributed by atoms with Crippen molar-refractivity contribution in [2.45, 2.75) is 20.0 Å². The highest BCUT2D eigenvalue weighted by Gasteiger charge is 2.16. The minimum absolute atomic E-state index is 0.0908. The van der Waals surface area contributed by atoms with E-state index in [1.165, 1.54) is 21.3 Å². The number of carbonyl (C=O) groups is 1. The van der Waals surface area contributed by atoms with Gasteiger partial charge in [-0.1, -0.05) is 18.2 Å². The first-order chi connectivity index (χ1) is 12.6. The van der Waals surface area contributed by atoms with Crippen molar-refractivity contribution >= 4 is 5.97 Å². The van der Waals surface area contributed by atoms with Gasteiger partial charge in [-0.05, 0) is 30.7 Å². The van der Waals surface area contributed by atoms with Gasteiger partial charge in [0.1, 0.15) is 12.4 Å². The van der Waals surface area contributed by atoms with E-state index >= 15 is 0 Å². The molecule has 0 aliphatic rings. The predicted octanol–water partition coefficient (Wildman–Crippen LogP) is 3.40. The lowest BCUT2D eigenvalue weighted by atomic mass is 10.1. The van der Waals surface area contributed by atoms with Gasteiger partial charge >= 0.3 is 5.97 Å². The second-order valence-corrected chi connectivity index (χ2v) is 5.41. The molecular weight excluding hydrogens is 336 g/mol. The zero-order valence-corrected chi connectivity index (χ0v) is 15.5. The van der Waals surface area contributed by atoms with Crippen LogP contribution in [0.1, 0.15) is 18.1 Å². The Hall–Kier alpha value is -2.89. The second-order valence-electron chi connectivity index (χ2n) is 5.41. The summed E-state index contributed by atoms with van der Waals surface area (Å²) in [6.45, 7) is 2.61. The average molecular weight is 360 g/mol. The molecule has 0 unspecified atom stereocenters. The van der Waals surface area contributed by atoms with E-state index < -0.39 is 0 Å². The Balaban J connectivity index is 2.06. The third-order valence-electron chi connectivity index (χ3n) is 3.73. The maximum atomic E-state index is 12.2. The summed E-state index contributed by atoms with van der Waals surface area (Å²) in [4.78, 5) is 12.2. The first-order valence-corrected chi connectivity index (χ1v) is 8.28. The monoisotopic (exact) mass is 360 g/mol. The molecule has 0 bridgehead atoms. The highest BCUT2D eigenvalue weighted by molar-refractivity contribution is 5.73. The summed E-state index contributed by atoms with van der Waals surface area (Å²) in [5.41, 5.74) is 1.54. The number of hydrogen-bond donors (Lipinski definition) is 0. The molecule has 2 aromatic rings. The van der Waals surface area contributed by atoms with Gasteiger partial charge in [-0.25, -0.2) is 0 Å². The predicted molar refractivity (Wildman–Crippen MR) is 97.2 cm³/mol. The Morgan fingerprint density at radius 2 is 1.58 bits per heavy atom. The molecule has 0 atom stereocenters. The van der Waals surface area contributed by atoms with Gasteiger partial charge in [0.15, 0.2) is 11.5 Å². The van der Waals surface area contributed by atoms with Crippen LogP contribution in [0, 0.1) is 0 Å². The van der Waals surface area contributed by atoms with E-state index in [0.717, 1.165) is 11.3 Å². The van der Waals surface area contributed by atoms with E-state index in [0.29, 0.717) is 29.4 Å². The zero-order valence-electron chi connectivity index (χ0n) is 15.5. The molecule has 0 saturated carbocycles. The van der Waals surface area contributed by atoms with Crippen LogP contribution in [0.2, 0.25) is 0 Å². The summed E-state index contributed by atoms with van der Waals surface area (Å²) in [6, 6.07) is 11.0. The molecule has 0 spiro atoms. The van der Waals surface area contributed by atoms with Crippen LogP contribution in [0.25, 0.3) is 0 Å². The Morgan fingerprint density at radius 1 is 0.923 bits per heavy atom. The number of esters is 1. The number of carbonyl (C=O) groups excluding carboxylic acids is 1. The van der Waals surface area contributed by atoms with Crippen molar-refractivity contribution in [2.24, 2.45) is 0 Å². The molecule has 0 amide bonds. The SMILES string of the molecule is CCOc1ccccc1COC(=O)Cc1cc(OC)c(OC)c(OC)c1. The smallest absolute Gasteiger partial charge is 0.310 e. The molecule has 0 saturated heterocycles. The average Bonchev–Trinajstić information content (AvgIpc) is 2.66. The van der Waals surface area contributed by atoms with Crippen LogP contribution in [-0.2, 0) is 22.6 Å². The first kappa shape index (κ1) is 19.4. The lowest BCUT2D eigenvalue weighted by Gasteiger charge is -2.14. The van der Waals surface area contributed by atoms with E-state index in [1.807, 2.05) is 31.2 Å². The van der Waals surface area contributed by atoms with Gasteiger partial charge in [0.2, 0.25) is 5.75 Å². The highest BCUT2D eigenvalue weighted by atomic mass is 16.5. The standard InChI is InChI=1S/C20H24O6/c1-5-25-16-9-7-6-8-15(16)13-26-19(21)12-14-10-17(22-2)20(24-4)18(11-14)23-3/h6-11H,5,12-13H2,1-4H3. The van der Waals surface area contributed by atoms with Gasteiger partial charge in [0.05, 0.1) is 34.4 Å². The molecular formula is C20H24O6. The van der Waals surface area contributed by atoms with Crippen LogP contribution < -0.4 is 18.9 Å². The molecule has 140 valence electrons. The number of methoxy groups -OCH3 is 3. The largest absolute Gasteiger partial charge is 0.493 e. The molecule has 2 rings (SSSR count). The fraction of sp³-hybridized carbons (Fsp3) is 0.350. The van der Waals surface area contributed by atoms with E-state index in [9.17, 15) is 4.79 Å². The topological polar surface area (TPSA) is 63.2 Å². The molecule has 0 fully saturated rings. The van der Waals surface area contributed by atoms with Crippen LogP contribution in [0.4, 0.5) is 0 Å². The van der Waals surface area contributed by atoms with Crippen molar-refractivity contribution in [3.05, 3.63) is 47.5 Å². The maximum Gasteiger partial charge on any atom is 0.310 e. The fourth-order valence-corrected chi connectivity index (χ4v) is 2.53. The van der Waals surface area contributed by atoms with E-state index in [1.54, 1.807) is 12.1 Å². The molecule has 0 aliphatic carbocycles. The summed E-state index contributed by atoms with van der Waals surface area (Å²) in [6.07, 6.45) is 0.0908. The molecule has 26 heavy (non-hydrogen) atoms. The number of para-hydroxylation sites is 1. The molecule has 0 radical (unpaired) electrons. The fourth-order valence-electron chi connectivity index (χ4n) is 2.53. The Labute approximate surface area is 153 Å². The lowest BCUT2D eigenvalue weighted by molar-refractivity contribution is -0.144. The second kappa shape index (κ2) is 9.56. The van der Waals surface area contributed by atoms with Crippen LogP contribution in [0.5, 0.6) is 23.0 Å². The van der Waals surface area contributed by atoms with E-state index in [2.05, 4.69) is 0 Å². The molecule has 6 nitrogen and oxygen atoms in total. The molecule has 6 heteroatoms. The van der Waals surface area contributed by atoms with E-state index in [4.69, 9.17) is 23.7 Å². The summed E-state index contributed by atoms with van der Waals surface area (Å²) in [7, 11) is 4.60. The Bertz CT molecular complexity index is 716. The normalized spacial score (nSPS) is 10.2. The summed E-state index contributed by atoms with van der Waals surface area (Å²) in [5, 5.41) is 0. The zero-order chi connectivity index (χ0) is 18.9. The molecule has 0 heterocycles. The molecule has 2 aromatic carbocycles. The van der Waals surface area contributed by atoms with Gasteiger partial charge in [0, 0.05) is 5.56 Å². The van der Waals surface area contributed by atoms with Gasteiger partial charge in [-0.3, -0.25) is 4.79 Å². The van der Waals surface area contributed by atoms with Crippen molar-refractivity contribution < 1.29 is 28.5 Å². The number of benzene rings is 2. The number of ether oxygens (including phenoxy) is 5. The third-order valence-corrected chi connectivity index (χ3v) is 3.73. The summed E-state index contributed by atoms with van der Waals surface area (Å²) >= 11 is 0. The maximum absolute atomic E-state index is 12.2. The van der Waals surface area contributed by atoms with Crippen LogP contribution in [-0.4, -0.2) is 33.9 Å². The van der Waals surface area contributed by atoms with Crippen molar-refractivity contribution in [1.82, 2.24) is 0 Å². The van der Waals surface area contributed by atoms with Gasteiger partial charge in [-0.2, -0.15) is 0 Å². The first-order valence-electron chi connectivity index (χ1n) is 8.28.